The van der Waals surface area contributed by atoms with E-state index in [-0.39, 0.29) is 0 Å². The molecule has 6 heteroatoms. The van der Waals surface area contributed by atoms with E-state index in [4.69, 9.17) is 19.7 Å². The standard InChI is InChI=1S/C28H30O6/c1-2-3-18-6-12-21(13-7-18)22-14-8-19(9-15-22)4-5-20-10-16-23(17-11-20)28-33-24(26(29)30)25(34-28)27(31)32/h8-11,14-18,21,24-25,28H,2-3,6-7,12-13H2,1H3,(H,29,30)(H,31,32)/t18-,21-,24-,25-/m1/s1. The summed E-state index contributed by atoms with van der Waals surface area (Å²) in [6.45, 7) is 2.27. The topological polar surface area (TPSA) is 93.1 Å². The fourth-order valence-electron chi connectivity index (χ4n) is 4.87. The summed E-state index contributed by atoms with van der Waals surface area (Å²) in [5, 5.41) is 18.3. The van der Waals surface area contributed by atoms with Gasteiger partial charge in [0, 0.05) is 16.7 Å². The summed E-state index contributed by atoms with van der Waals surface area (Å²) in [5.74, 6) is 5.14. The fourth-order valence-corrected chi connectivity index (χ4v) is 4.87. The Morgan fingerprint density at radius 1 is 0.794 bits per heavy atom. The van der Waals surface area contributed by atoms with Crippen molar-refractivity contribution in [3.8, 4) is 11.8 Å². The molecule has 6 nitrogen and oxygen atoms in total. The predicted molar refractivity (Wildman–Crippen MR) is 126 cm³/mol. The SMILES string of the molecule is CCC[C@H]1CC[C@H](c2ccc(C#Cc3ccc(C4O[C@@H](C(=O)O)[C@H](C(=O)O)O4)cc3)cc2)CC1. The van der Waals surface area contributed by atoms with Crippen LogP contribution in [-0.4, -0.2) is 34.4 Å². The molecule has 0 aromatic heterocycles. The molecule has 2 fully saturated rings. The number of hydrogen-bond donors (Lipinski definition) is 2. The highest BCUT2D eigenvalue weighted by atomic mass is 16.7. The number of aliphatic carboxylic acids is 2. The van der Waals surface area contributed by atoms with Crippen LogP contribution in [0.15, 0.2) is 48.5 Å². The first-order valence-corrected chi connectivity index (χ1v) is 11.9. The van der Waals surface area contributed by atoms with E-state index < -0.39 is 30.4 Å². The smallest absolute Gasteiger partial charge is 0.336 e. The number of carbonyl (C=O) groups is 2. The van der Waals surface area contributed by atoms with Gasteiger partial charge in [-0.15, -0.1) is 0 Å². The molecule has 34 heavy (non-hydrogen) atoms. The summed E-state index contributed by atoms with van der Waals surface area (Å²) in [5.41, 5.74) is 3.67. The molecule has 2 aromatic rings. The van der Waals surface area contributed by atoms with Crippen LogP contribution in [0.4, 0.5) is 0 Å². The van der Waals surface area contributed by atoms with Crippen molar-refractivity contribution in [1.82, 2.24) is 0 Å². The Morgan fingerprint density at radius 2 is 1.26 bits per heavy atom. The molecule has 1 aliphatic heterocycles. The van der Waals surface area contributed by atoms with Gasteiger partial charge in [0.25, 0.3) is 0 Å². The minimum absolute atomic E-state index is 0.540. The maximum absolute atomic E-state index is 11.2. The van der Waals surface area contributed by atoms with Gasteiger partial charge in [-0.2, -0.15) is 0 Å². The predicted octanol–water partition coefficient (Wildman–Crippen LogP) is 5.11. The van der Waals surface area contributed by atoms with Gasteiger partial charge in [0.1, 0.15) is 0 Å². The summed E-state index contributed by atoms with van der Waals surface area (Å²) >= 11 is 0. The van der Waals surface area contributed by atoms with Crippen LogP contribution < -0.4 is 0 Å². The molecule has 0 amide bonds. The van der Waals surface area contributed by atoms with Crippen molar-refractivity contribution in [3.05, 3.63) is 70.8 Å². The van der Waals surface area contributed by atoms with E-state index in [2.05, 4.69) is 43.0 Å². The summed E-state index contributed by atoms with van der Waals surface area (Å²) in [6.07, 6.45) is 3.72. The third-order valence-electron chi connectivity index (χ3n) is 6.76. The lowest BCUT2D eigenvalue weighted by molar-refractivity contribution is -0.156. The van der Waals surface area contributed by atoms with E-state index in [0.717, 1.165) is 17.0 Å². The third-order valence-corrected chi connectivity index (χ3v) is 6.76. The molecule has 0 radical (unpaired) electrons. The number of benzene rings is 2. The highest BCUT2D eigenvalue weighted by molar-refractivity contribution is 5.84. The zero-order chi connectivity index (χ0) is 24.1. The lowest BCUT2D eigenvalue weighted by Crippen LogP contribution is -2.36. The van der Waals surface area contributed by atoms with Crippen LogP contribution in [0.3, 0.4) is 0 Å². The lowest BCUT2D eigenvalue weighted by atomic mass is 9.77. The van der Waals surface area contributed by atoms with Gasteiger partial charge in [0.05, 0.1) is 0 Å². The van der Waals surface area contributed by atoms with Crippen molar-refractivity contribution in [2.24, 2.45) is 5.92 Å². The second kappa shape index (κ2) is 10.9. The fraction of sp³-hybridized carbons (Fsp3) is 0.429. The molecule has 0 unspecified atom stereocenters. The van der Waals surface area contributed by atoms with Crippen molar-refractivity contribution in [1.29, 1.82) is 0 Å². The van der Waals surface area contributed by atoms with Gasteiger partial charge in [0.2, 0.25) is 0 Å². The van der Waals surface area contributed by atoms with Gasteiger partial charge in [-0.25, -0.2) is 9.59 Å². The van der Waals surface area contributed by atoms with Crippen LogP contribution in [0.2, 0.25) is 0 Å². The number of hydrogen-bond acceptors (Lipinski definition) is 4. The van der Waals surface area contributed by atoms with Gasteiger partial charge in [0.15, 0.2) is 18.5 Å². The average Bonchev–Trinajstić information content (AvgIpc) is 3.31. The van der Waals surface area contributed by atoms with E-state index in [1.165, 1.54) is 44.1 Å². The molecule has 2 N–H and O–H groups in total. The van der Waals surface area contributed by atoms with Crippen molar-refractivity contribution in [2.75, 3.05) is 0 Å². The van der Waals surface area contributed by atoms with Crippen LogP contribution in [0.5, 0.6) is 0 Å². The zero-order valence-electron chi connectivity index (χ0n) is 19.3. The maximum Gasteiger partial charge on any atom is 0.336 e. The molecule has 4 rings (SSSR count). The second-order valence-electron chi connectivity index (χ2n) is 9.12. The molecule has 0 bridgehead atoms. The maximum atomic E-state index is 11.2. The van der Waals surface area contributed by atoms with Gasteiger partial charge in [-0.3, -0.25) is 0 Å². The first-order valence-electron chi connectivity index (χ1n) is 11.9. The molecule has 0 spiro atoms. The number of carboxylic acid groups (broad SMARTS) is 2. The van der Waals surface area contributed by atoms with E-state index >= 15 is 0 Å². The van der Waals surface area contributed by atoms with Crippen LogP contribution in [0.25, 0.3) is 0 Å². The van der Waals surface area contributed by atoms with Gasteiger partial charge in [-0.05, 0) is 67.3 Å². The van der Waals surface area contributed by atoms with Gasteiger partial charge in [-0.1, -0.05) is 55.9 Å². The monoisotopic (exact) mass is 462 g/mol. The highest BCUT2D eigenvalue weighted by Gasteiger charge is 2.46. The Balaban J connectivity index is 1.36. The van der Waals surface area contributed by atoms with E-state index in [0.29, 0.717) is 11.5 Å². The van der Waals surface area contributed by atoms with E-state index in [9.17, 15) is 9.59 Å². The molecule has 2 atom stereocenters. The number of ether oxygens (including phenoxy) is 2. The van der Waals surface area contributed by atoms with Crippen LogP contribution in [0, 0.1) is 17.8 Å². The molecule has 1 saturated carbocycles. The Morgan fingerprint density at radius 3 is 1.71 bits per heavy atom. The Bertz CT molecular complexity index is 1030. The van der Waals surface area contributed by atoms with Crippen molar-refractivity contribution in [3.63, 3.8) is 0 Å². The van der Waals surface area contributed by atoms with Crippen LogP contribution in [-0.2, 0) is 19.1 Å². The van der Waals surface area contributed by atoms with Gasteiger partial charge >= 0.3 is 11.9 Å². The third kappa shape index (κ3) is 5.67. The summed E-state index contributed by atoms with van der Waals surface area (Å²) in [6, 6.07) is 15.5. The molecule has 2 aliphatic rings. The molecular formula is C28H30O6. The lowest BCUT2D eigenvalue weighted by Gasteiger charge is -2.28. The second-order valence-corrected chi connectivity index (χ2v) is 9.12. The minimum Gasteiger partial charge on any atom is -0.479 e. The minimum atomic E-state index is -1.55. The molecule has 178 valence electrons. The zero-order valence-corrected chi connectivity index (χ0v) is 19.3. The van der Waals surface area contributed by atoms with E-state index in [1.807, 2.05) is 0 Å². The van der Waals surface area contributed by atoms with E-state index in [1.54, 1.807) is 24.3 Å². The van der Waals surface area contributed by atoms with Crippen LogP contribution in [0.1, 0.15) is 79.9 Å². The first kappa shape index (κ1) is 24.0. The summed E-state index contributed by atoms with van der Waals surface area (Å²) in [7, 11) is 0. The summed E-state index contributed by atoms with van der Waals surface area (Å²) in [4.78, 5) is 22.5. The highest BCUT2D eigenvalue weighted by Crippen LogP contribution is 2.37. The molecule has 1 heterocycles. The van der Waals surface area contributed by atoms with Crippen molar-refractivity contribution >= 4 is 11.9 Å². The largest absolute Gasteiger partial charge is 0.479 e. The molecule has 1 aliphatic carbocycles. The summed E-state index contributed by atoms with van der Waals surface area (Å²) < 4.78 is 10.6. The van der Waals surface area contributed by atoms with Gasteiger partial charge < -0.3 is 19.7 Å². The van der Waals surface area contributed by atoms with Crippen molar-refractivity contribution in [2.45, 2.75) is 69.9 Å². The first-order chi connectivity index (χ1) is 16.4. The molecular weight excluding hydrogens is 432 g/mol. The number of rotatable bonds is 6. The normalized spacial score (nSPS) is 24.9. The molecule has 1 saturated heterocycles. The number of carboxylic acids is 2. The quantitative estimate of drug-likeness (QED) is 0.580. The Labute approximate surface area is 199 Å². The van der Waals surface area contributed by atoms with Crippen molar-refractivity contribution < 1.29 is 29.3 Å². The Hall–Kier alpha value is -3.14. The Kier molecular flexibility index (Phi) is 7.66. The molecule has 2 aromatic carbocycles. The van der Waals surface area contributed by atoms with Crippen LogP contribution >= 0.6 is 0 Å². The average molecular weight is 463 g/mol.